The molecular formula is C20H26O3. The first-order valence-corrected chi connectivity index (χ1v) is 9.34. The molecule has 23 heavy (non-hydrogen) atoms. The van der Waals surface area contributed by atoms with Crippen molar-refractivity contribution in [3.05, 3.63) is 22.8 Å². The minimum atomic E-state index is -0.307. The molecule has 5 rings (SSSR count). The van der Waals surface area contributed by atoms with Crippen molar-refractivity contribution in [2.24, 2.45) is 17.3 Å². The molecule has 4 aliphatic carbocycles. The number of rotatable bonds is 0. The summed E-state index contributed by atoms with van der Waals surface area (Å²) in [5, 5.41) is 0. The third-order valence-corrected chi connectivity index (χ3v) is 7.35. The van der Waals surface area contributed by atoms with Crippen LogP contribution < -0.4 is 0 Å². The first-order chi connectivity index (χ1) is 11.1. The molecule has 1 heterocycles. The van der Waals surface area contributed by atoms with Crippen LogP contribution in [0.1, 0.15) is 58.3 Å². The Labute approximate surface area is 138 Å². The van der Waals surface area contributed by atoms with Gasteiger partial charge in [0.15, 0.2) is 5.79 Å². The average molecular weight is 314 g/mol. The first-order valence-electron chi connectivity index (χ1n) is 9.34. The van der Waals surface area contributed by atoms with Gasteiger partial charge in [-0.2, -0.15) is 0 Å². The molecule has 2 fully saturated rings. The lowest BCUT2D eigenvalue weighted by Gasteiger charge is -2.46. The topological polar surface area (TPSA) is 35.5 Å². The molecule has 0 aromatic carbocycles. The van der Waals surface area contributed by atoms with Gasteiger partial charge in [-0.1, -0.05) is 18.6 Å². The Kier molecular flexibility index (Phi) is 3.01. The van der Waals surface area contributed by atoms with E-state index in [2.05, 4.69) is 13.0 Å². The van der Waals surface area contributed by atoms with Gasteiger partial charge in [0.05, 0.1) is 13.2 Å². The van der Waals surface area contributed by atoms with Crippen LogP contribution in [0, 0.1) is 17.3 Å². The molecule has 0 radical (unpaired) electrons. The molecule has 1 spiro atoms. The molecule has 0 aromatic rings. The van der Waals surface area contributed by atoms with E-state index in [-0.39, 0.29) is 11.2 Å². The quantitative estimate of drug-likeness (QED) is 0.679. The van der Waals surface area contributed by atoms with Gasteiger partial charge in [-0.05, 0) is 55.1 Å². The summed E-state index contributed by atoms with van der Waals surface area (Å²) in [4.78, 5) is 12.4. The largest absolute Gasteiger partial charge is 0.347 e. The molecule has 0 bridgehead atoms. The second kappa shape index (κ2) is 4.80. The van der Waals surface area contributed by atoms with Crippen LogP contribution in [-0.2, 0) is 14.3 Å². The van der Waals surface area contributed by atoms with Gasteiger partial charge in [0.2, 0.25) is 0 Å². The molecule has 0 aromatic heterocycles. The molecule has 0 N–H and O–H groups in total. The van der Waals surface area contributed by atoms with Gasteiger partial charge in [0.1, 0.15) is 5.78 Å². The number of Topliss-reactive ketones (excluding diaryl/α,β-unsaturated/α-hetero) is 1. The highest BCUT2D eigenvalue weighted by Crippen LogP contribution is 2.58. The van der Waals surface area contributed by atoms with E-state index >= 15 is 0 Å². The van der Waals surface area contributed by atoms with Crippen LogP contribution in [0.25, 0.3) is 0 Å². The molecule has 5 aliphatic rings. The maximum atomic E-state index is 12.4. The van der Waals surface area contributed by atoms with Crippen LogP contribution in [0.2, 0.25) is 0 Å². The smallest absolute Gasteiger partial charge is 0.172 e. The van der Waals surface area contributed by atoms with E-state index in [1.165, 1.54) is 12.8 Å². The summed E-state index contributed by atoms with van der Waals surface area (Å²) in [5.41, 5.74) is 4.71. The van der Waals surface area contributed by atoms with Crippen molar-refractivity contribution in [3.8, 4) is 0 Å². The van der Waals surface area contributed by atoms with E-state index in [0.29, 0.717) is 17.6 Å². The molecule has 3 atom stereocenters. The minimum Gasteiger partial charge on any atom is -0.347 e. The normalized spacial score (nSPS) is 41.6. The fourth-order valence-corrected chi connectivity index (χ4v) is 6.08. The standard InChI is InChI=1S/C20H26O3/c1-19-8-6-15-14-7-9-20(22-10-11-23-20)12-13(14)2-3-16(15)17(19)4-5-18(19)21/h6,16-17H,2-5,7-12H2,1H3/t16-,17+,19+/m1/s1. The Morgan fingerprint density at radius 3 is 2.78 bits per heavy atom. The zero-order chi connectivity index (χ0) is 15.7. The number of ketones is 1. The van der Waals surface area contributed by atoms with E-state index in [1.807, 2.05) is 0 Å². The van der Waals surface area contributed by atoms with E-state index < -0.39 is 0 Å². The summed E-state index contributed by atoms with van der Waals surface area (Å²) in [6.07, 6.45) is 10.7. The predicted octanol–water partition coefficient (Wildman–Crippen LogP) is 3.94. The van der Waals surface area contributed by atoms with E-state index in [9.17, 15) is 4.79 Å². The second-order valence-electron chi connectivity index (χ2n) is 8.36. The summed E-state index contributed by atoms with van der Waals surface area (Å²) >= 11 is 0. The third-order valence-electron chi connectivity index (χ3n) is 7.35. The number of carbonyl (C=O) groups is 1. The highest BCUT2D eigenvalue weighted by Gasteiger charge is 2.53. The van der Waals surface area contributed by atoms with Crippen molar-refractivity contribution < 1.29 is 14.3 Å². The van der Waals surface area contributed by atoms with Crippen LogP contribution in [-0.4, -0.2) is 24.8 Å². The fraction of sp³-hybridized carbons (Fsp3) is 0.750. The summed E-state index contributed by atoms with van der Waals surface area (Å²) in [6.45, 7) is 3.72. The Morgan fingerprint density at radius 1 is 1.13 bits per heavy atom. The van der Waals surface area contributed by atoms with Gasteiger partial charge in [-0.15, -0.1) is 0 Å². The molecule has 1 aliphatic heterocycles. The molecule has 3 heteroatoms. The molecule has 0 unspecified atom stereocenters. The van der Waals surface area contributed by atoms with E-state index in [1.54, 1.807) is 16.7 Å². The Morgan fingerprint density at radius 2 is 1.96 bits per heavy atom. The molecule has 0 amide bonds. The van der Waals surface area contributed by atoms with E-state index in [0.717, 1.165) is 51.7 Å². The van der Waals surface area contributed by atoms with Crippen LogP contribution in [0.5, 0.6) is 0 Å². The maximum absolute atomic E-state index is 12.4. The molecule has 1 saturated heterocycles. The van der Waals surface area contributed by atoms with Gasteiger partial charge >= 0.3 is 0 Å². The van der Waals surface area contributed by atoms with Crippen molar-refractivity contribution in [3.63, 3.8) is 0 Å². The van der Waals surface area contributed by atoms with Crippen LogP contribution in [0.15, 0.2) is 22.8 Å². The number of hydrogen-bond acceptors (Lipinski definition) is 3. The van der Waals surface area contributed by atoms with Gasteiger partial charge in [0.25, 0.3) is 0 Å². The van der Waals surface area contributed by atoms with Crippen LogP contribution >= 0.6 is 0 Å². The van der Waals surface area contributed by atoms with E-state index in [4.69, 9.17) is 9.47 Å². The Bertz CT molecular complexity index is 623. The summed E-state index contributed by atoms with van der Waals surface area (Å²) < 4.78 is 11.9. The highest BCUT2D eigenvalue weighted by molar-refractivity contribution is 5.87. The maximum Gasteiger partial charge on any atom is 0.172 e. The van der Waals surface area contributed by atoms with Crippen molar-refractivity contribution in [2.75, 3.05) is 13.2 Å². The van der Waals surface area contributed by atoms with Crippen LogP contribution in [0.4, 0.5) is 0 Å². The zero-order valence-corrected chi connectivity index (χ0v) is 14.0. The first kappa shape index (κ1) is 14.4. The molecule has 124 valence electrons. The molecule has 1 saturated carbocycles. The lowest BCUT2D eigenvalue weighted by atomic mass is 9.58. The summed E-state index contributed by atoms with van der Waals surface area (Å²) in [5.74, 6) is 1.41. The number of allylic oxidation sites excluding steroid dienone is 3. The van der Waals surface area contributed by atoms with Crippen molar-refractivity contribution in [1.29, 1.82) is 0 Å². The number of hydrogen-bond donors (Lipinski definition) is 0. The number of ether oxygens (including phenoxy) is 2. The number of fused-ring (bicyclic) bond motifs is 4. The highest BCUT2D eigenvalue weighted by atomic mass is 16.7. The Balaban J connectivity index is 1.49. The van der Waals surface area contributed by atoms with Crippen molar-refractivity contribution in [1.82, 2.24) is 0 Å². The SMILES string of the molecule is C[C@]12CC=C3C4=C(CC[C@H]3[C@@H]1CCC2=O)CC1(CC4)OCCO1. The lowest BCUT2D eigenvalue weighted by molar-refractivity contribution is -0.164. The fourth-order valence-electron chi connectivity index (χ4n) is 6.08. The van der Waals surface area contributed by atoms with Gasteiger partial charge in [-0.3, -0.25) is 4.79 Å². The van der Waals surface area contributed by atoms with Gasteiger partial charge in [-0.25, -0.2) is 0 Å². The number of carbonyl (C=O) groups excluding carboxylic acids is 1. The van der Waals surface area contributed by atoms with Gasteiger partial charge < -0.3 is 9.47 Å². The monoisotopic (exact) mass is 314 g/mol. The van der Waals surface area contributed by atoms with Crippen molar-refractivity contribution >= 4 is 5.78 Å². The molecule has 3 nitrogen and oxygen atoms in total. The van der Waals surface area contributed by atoms with Crippen LogP contribution in [0.3, 0.4) is 0 Å². The molecular weight excluding hydrogens is 288 g/mol. The zero-order valence-electron chi connectivity index (χ0n) is 14.0. The minimum absolute atomic E-state index is 0.0696. The predicted molar refractivity (Wildman–Crippen MR) is 86.8 cm³/mol. The summed E-state index contributed by atoms with van der Waals surface area (Å²) in [6, 6.07) is 0. The summed E-state index contributed by atoms with van der Waals surface area (Å²) in [7, 11) is 0. The van der Waals surface area contributed by atoms with Crippen molar-refractivity contribution in [2.45, 2.75) is 64.1 Å². The Hall–Kier alpha value is -0.930. The lowest BCUT2D eigenvalue weighted by Crippen LogP contribution is -2.41. The average Bonchev–Trinajstić information content (AvgIpc) is 3.12. The van der Waals surface area contributed by atoms with Gasteiger partial charge in [0, 0.05) is 24.7 Å². The third kappa shape index (κ3) is 1.93. The second-order valence-corrected chi connectivity index (χ2v) is 8.36.